The molecule has 0 aromatic heterocycles. The van der Waals surface area contributed by atoms with Gasteiger partial charge in [0.1, 0.15) is 11.5 Å². The minimum atomic E-state index is -0.164. The predicted molar refractivity (Wildman–Crippen MR) is 108 cm³/mol. The number of para-hydroxylation sites is 1. The number of carbonyl (C=O) groups excluding carboxylic acids is 2. The van der Waals surface area contributed by atoms with Crippen molar-refractivity contribution < 1.29 is 19.1 Å². The summed E-state index contributed by atoms with van der Waals surface area (Å²) in [5.41, 5.74) is 0.695. The second-order valence-electron chi connectivity index (χ2n) is 6.68. The molecule has 0 saturated carbocycles. The van der Waals surface area contributed by atoms with Crippen LogP contribution >= 0.6 is 11.6 Å². The first kappa shape index (κ1) is 20.2. The first-order valence-corrected chi connectivity index (χ1v) is 9.55. The summed E-state index contributed by atoms with van der Waals surface area (Å²) < 4.78 is 10.5. The maximum Gasteiger partial charge on any atom is 0.308 e. The van der Waals surface area contributed by atoms with Crippen LogP contribution < -0.4 is 10.1 Å². The van der Waals surface area contributed by atoms with Gasteiger partial charge in [-0.25, -0.2) is 0 Å². The van der Waals surface area contributed by atoms with Crippen molar-refractivity contribution in [3.8, 4) is 11.5 Å². The fourth-order valence-electron chi connectivity index (χ4n) is 3.16. The Morgan fingerprint density at radius 2 is 1.79 bits per heavy atom. The minimum Gasteiger partial charge on any atom is -0.469 e. The lowest BCUT2D eigenvalue weighted by Crippen LogP contribution is -2.41. The van der Waals surface area contributed by atoms with Gasteiger partial charge >= 0.3 is 5.97 Å². The Balaban J connectivity index is 1.47. The second kappa shape index (κ2) is 9.57. The van der Waals surface area contributed by atoms with Crippen LogP contribution in [-0.2, 0) is 14.3 Å². The number of carbonyl (C=O) groups is 2. The third-order valence-electron chi connectivity index (χ3n) is 4.69. The molecule has 0 spiro atoms. The SMILES string of the molecule is COC(=O)C1CCN(CC(=O)Nc2ccc(Oc3ccccc3Cl)cc2)CC1. The summed E-state index contributed by atoms with van der Waals surface area (Å²) in [6.07, 6.45) is 1.43. The average Bonchev–Trinajstić information content (AvgIpc) is 2.71. The maximum absolute atomic E-state index is 12.3. The number of hydrogen-bond acceptors (Lipinski definition) is 5. The van der Waals surface area contributed by atoms with Crippen LogP contribution in [0.25, 0.3) is 0 Å². The smallest absolute Gasteiger partial charge is 0.308 e. The lowest BCUT2D eigenvalue weighted by molar-refractivity contribution is -0.147. The summed E-state index contributed by atoms with van der Waals surface area (Å²) in [5, 5.41) is 3.42. The quantitative estimate of drug-likeness (QED) is 0.741. The largest absolute Gasteiger partial charge is 0.469 e. The molecular formula is C21H23ClN2O4. The highest BCUT2D eigenvalue weighted by Crippen LogP contribution is 2.29. The molecule has 1 heterocycles. The molecule has 2 aromatic carbocycles. The molecule has 28 heavy (non-hydrogen) atoms. The Hall–Kier alpha value is -2.57. The first-order valence-electron chi connectivity index (χ1n) is 9.17. The van der Waals surface area contributed by atoms with Gasteiger partial charge in [0.15, 0.2) is 0 Å². The highest BCUT2D eigenvalue weighted by molar-refractivity contribution is 6.32. The zero-order valence-electron chi connectivity index (χ0n) is 15.7. The lowest BCUT2D eigenvalue weighted by Gasteiger charge is -2.29. The highest BCUT2D eigenvalue weighted by atomic mass is 35.5. The molecule has 148 valence electrons. The minimum absolute atomic E-state index is 0.0602. The number of nitrogens with zero attached hydrogens (tertiary/aromatic N) is 1. The van der Waals surface area contributed by atoms with Gasteiger partial charge in [-0.05, 0) is 62.3 Å². The fourth-order valence-corrected chi connectivity index (χ4v) is 3.33. The number of halogens is 1. The van der Waals surface area contributed by atoms with Crippen molar-refractivity contribution in [2.45, 2.75) is 12.8 Å². The van der Waals surface area contributed by atoms with E-state index in [0.717, 1.165) is 0 Å². The number of amides is 1. The molecule has 1 amide bonds. The van der Waals surface area contributed by atoms with Gasteiger partial charge < -0.3 is 14.8 Å². The van der Waals surface area contributed by atoms with Crippen molar-refractivity contribution in [3.63, 3.8) is 0 Å². The molecule has 0 bridgehead atoms. The predicted octanol–water partition coefficient (Wildman–Crippen LogP) is 3.96. The Labute approximate surface area is 169 Å². The number of likely N-dealkylation sites (tertiary alicyclic amines) is 1. The van der Waals surface area contributed by atoms with Crippen LogP contribution in [0.2, 0.25) is 5.02 Å². The number of methoxy groups -OCH3 is 1. The van der Waals surface area contributed by atoms with Crippen molar-refractivity contribution in [2.75, 3.05) is 32.1 Å². The number of nitrogens with one attached hydrogen (secondary N) is 1. The average molecular weight is 403 g/mol. The van der Waals surface area contributed by atoms with E-state index in [-0.39, 0.29) is 17.8 Å². The number of benzene rings is 2. The molecule has 7 heteroatoms. The molecule has 1 aliphatic rings. The first-order chi connectivity index (χ1) is 13.5. The molecule has 0 unspecified atom stereocenters. The van der Waals surface area contributed by atoms with Gasteiger partial charge in [-0.1, -0.05) is 23.7 Å². The summed E-state index contributed by atoms with van der Waals surface area (Å²) in [6, 6.07) is 14.4. The van der Waals surface area contributed by atoms with E-state index >= 15 is 0 Å². The van der Waals surface area contributed by atoms with E-state index in [2.05, 4.69) is 5.32 Å². The van der Waals surface area contributed by atoms with Crippen molar-refractivity contribution in [1.29, 1.82) is 0 Å². The Morgan fingerprint density at radius 3 is 2.43 bits per heavy atom. The molecule has 1 saturated heterocycles. The van der Waals surface area contributed by atoms with Crippen LogP contribution in [0.5, 0.6) is 11.5 Å². The molecule has 2 aromatic rings. The molecule has 1 aliphatic heterocycles. The van der Waals surface area contributed by atoms with Crippen LogP contribution in [0.4, 0.5) is 5.69 Å². The molecule has 3 rings (SSSR count). The van der Waals surface area contributed by atoms with Crippen LogP contribution in [-0.4, -0.2) is 43.5 Å². The Morgan fingerprint density at radius 1 is 1.11 bits per heavy atom. The van der Waals surface area contributed by atoms with Crippen LogP contribution in [0.3, 0.4) is 0 Å². The van der Waals surface area contributed by atoms with Gasteiger partial charge in [0.05, 0.1) is 24.6 Å². The van der Waals surface area contributed by atoms with Crippen LogP contribution in [0.15, 0.2) is 48.5 Å². The van der Waals surface area contributed by atoms with Crippen LogP contribution in [0.1, 0.15) is 12.8 Å². The van der Waals surface area contributed by atoms with E-state index < -0.39 is 0 Å². The van der Waals surface area contributed by atoms with E-state index in [4.69, 9.17) is 21.1 Å². The second-order valence-corrected chi connectivity index (χ2v) is 7.09. The number of piperidine rings is 1. The van der Waals surface area contributed by atoms with E-state index in [1.165, 1.54) is 7.11 Å². The monoisotopic (exact) mass is 402 g/mol. The molecule has 1 fully saturated rings. The molecule has 0 atom stereocenters. The van der Waals surface area contributed by atoms with Crippen molar-refractivity contribution in [1.82, 2.24) is 4.90 Å². The summed E-state index contributed by atoms with van der Waals surface area (Å²) in [7, 11) is 1.41. The zero-order chi connectivity index (χ0) is 19.9. The van der Waals surface area contributed by atoms with Gasteiger partial charge in [0, 0.05) is 5.69 Å². The van der Waals surface area contributed by atoms with Crippen LogP contribution in [0, 0.1) is 5.92 Å². The highest BCUT2D eigenvalue weighted by Gasteiger charge is 2.26. The molecule has 0 aliphatic carbocycles. The summed E-state index contributed by atoms with van der Waals surface area (Å²) in [4.78, 5) is 25.9. The number of rotatable bonds is 6. The number of anilines is 1. The fraction of sp³-hybridized carbons (Fsp3) is 0.333. The van der Waals surface area contributed by atoms with Crippen molar-refractivity contribution in [3.05, 3.63) is 53.6 Å². The lowest BCUT2D eigenvalue weighted by atomic mass is 9.97. The Kier molecular flexibility index (Phi) is 6.90. The van der Waals surface area contributed by atoms with Gasteiger partial charge in [-0.15, -0.1) is 0 Å². The molecule has 1 N–H and O–H groups in total. The zero-order valence-corrected chi connectivity index (χ0v) is 16.4. The molecular weight excluding hydrogens is 380 g/mol. The number of hydrogen-bond donors (Lipinski definition) is 1. The summed E-state index contributed by atoms with van der Waals surface area (Å²) in [6.45, 7) is 1.71. The van der Waals surface area contributed by atoms with Crippen molar-refractivity contribution >= 4 is 29.2 Å². The summed E-state index contributed by atoms with van der Waals surface area (Å²) in [5.74, 6) is 0.904. The third-order valence-corrected chi connectivity index (χ3v) is 5.00. The summed E-state index contributed by atoms with van der Waals surface area (Å²) >= 11 is 6.09. The Bertz CT molecular complexity index is 817. The van der Waals surface area contributed by atoms with Gasteiger partial charge in [-0.3, -0.25) is 14.5 Å². The van der Waals surface area contributed by atoms with Gasteiger partial charge in [0.2, 0.25) is 5.91 Å². The van der Waals surface area contributed by atoms with E-state index in [1.54, 1.807) is 36.4 Å². The molecule has 6 nitrogen and oxygen atoms in total. The van der Waals surface area contributed by atoms with Gasteiger partial charge in [0.25, 0.3) is 0 Å². The number of ether oxygens (including phenoxy) is 2. The van der Waals surface area contributed by atoms with Crippen molar-refractivity contribution in [2.24, 2.45) is 5.92 Å². The molecule has 0 radical (unpaired) electrons. The van der Waals surface area contributed by atoms with Gasteiger partial charge in [-0.2, -0.15) is 0 Å². The topological polar surface area (TPSA) is 67.9 Å². The van der Waals surface area contributed by atoms with E-state index in [1.807, 2.05) is 17.0 Å². The van der Waals surface area contributed by atoms with E-state index in [9.17, 15) is 9.59 Å². The third kappa shape index (κ3) is 5.47. The maximum atomic E-state index is 12.3. The normalized spacial score (nSPS) is 15.1. The standard InChI is InChI=1S/C21H23ClN2O4/c1-27-21(26)15-10-12-24(13-11-15)14-20(25)23-16-6-8-17(9-7-16)28-19-5-3-2-4-18(19)22/h2-9,15H,10-14H2,1H3,(H,23,25). The number of esters is 1. The van der Waals surface area contributed by atoms with E-state index in [0.29, 0.717) is 54.7 Å².